The minimum absolute atomic E-state index is 0.111. The second-order valence-corrected chi connectivity index (χ2v) is 4.12. The number of rotatable bonds is 9. The van der Waals surface area contributed by atoms with Crippen molar-refractivity contribution in [3.05, 3.63) is 0 Å². The van der Waals surface area contributed by atoms with Crippen molar-refractivity contribution >= 4 is 5.91 Å². The number of ether oxygens (including phenoxy) is 1. The van der Waals surface area contributed by atoms with Gasteiger partial charge >= 0.3 is 0 Å². The van der Waals surface area contributed by atoms with Gasteiger partial charge in [0.25, 0.3) is 0 Å². The van der Waals surface area contributed by atoms with E-state index in [0.717, 1.165) is 6.42 Å². The van der Waals surface area contributed by atoms with Crippen LogP contribution in [0.3, 0.4) is 0 Å². The van der Waals surface area contributed by atoms with E-state index in [9.17, 15) is 4.79 Å². The molecule has 0 aliphatic rings. The quantitative estimate of drug-likeness (QED) is 0.611. The molecule has 0 atom stereocenters. The highest BCUT2D eigenvalue weighted by Crippen LogP contribution is 2.03. The van der Waals surface area contributed by atoms with Gasteiger partial charge in [-0.25, -0.2) is 0 Å². The summed E-state index contributed by atoms with van der Waals surface area (Å²) in [6, 6.07) is 0.185. The molecule has 0 bridgehead atoms. The lowest BCUT2D eigenvalue weighted by atomic mass is 10.2. The fraction of sp³-hybridized carbons (Fsp3) is 0.917. The Balaban J connectivity index is 3.87. The number of carbonyl (C=O) groups is 1. The monoisotopic (exact) mass is 231 g/mol. The molecule has 0 rings (SSSR count). The van der Waals surface area contributed by atoms with Crippen LogP contribution < -0.4 is 0 Å². The largest absolute Gasteiger partial charge is 0.396 e. The topological polar surface area (TPSA) is 49.8 Å². The van der Waals surface area contributed by atoms with Gasteiger partial charge in [-0.2, -0.15) is 0 Å². The summed E-state index contributed by atoms with van der Waals surface area (Å²) < 4.78 is 5.29. The summed E-state index contributed by atoms with van der Waals surface area (Å²) in [4.78, 5) is 13.6. The van der Waals surface area contributed by atoms with Gasteiger partial charge in [-0.15, -0.1) is 0 Å². The van der Waals surface area contributed by atoms with E-state index in [2.05, 4.69) is 0 Å². The molecule has 0 saturated carbocycles. The molecular weight excluding hydrogens is 206 g/mol. The fourth-order valence-corrected chi connectivity index (χ4v) is 1.46. The zero-order valence-electron chi connectivity index (χ0n) is 10.7. The molecule has 0 aliphatic heterocycles. The summed E-state index contributed by atoms with van der Waals surface area (Å²) >= 11 is 0. The average Bonchev–Trinajstić information content (AvgIpc) is 2.24. The van der Waals surface area contributed by atoms with Crippen molar-refractivity contribution in [2.45, 2.75) is 46.1 Å². The lowest BCUT2D eigenvalue weighted by molar-refractivity contribution is -0.134. The van der Waals surface area contributed by atoms with E-state index in [1.165, 1.54) is 0 Å². The summed E-state index contributed by atoms with van der Waals surface area (Å²) in [6.45, 7) is 7.98. The Morgan fingerprint density at radius 2 is 2.06 bits per heavy atom. The smallest absolute Gasteiger partial charge is 0.225 e. The van der Waals surface area contributed by atoms with Crippen molar-refractivity contribution in [1.29, 1.82) is 0 Å². The highest BCUT2D eigenvalue weighted by molar-refractivity contribution is 5.76. The van der Waals surface area contributed by atoms with Crippen molar-refractivity contribution in [1.82, 2.24) is 4.90 Å². The molecule has 0 aliphatic carbocycles. The molecule has 4 nitrogen and oxygen atoms in total. The predicted molar refractivity (Wildman–Crippen MR) is 64.3 cm³/mol. The molecule has 96 valence electrons. The highest BCUT2D eigenvalue weighted by atomic mass is 16.5. The van der Waals surface area contributed by atoms with E-state index in [-0.39, 0.29) is 18.6 Å². The van der Waals surface area contributed by atoms with E-state index in [0.29, 0.717) is 32.6 Å². The number of aliphatic hydroxyl groups is 1. The summed E-state index contributed by atoms with van der Waals surface area (Å²) in [5, 5.41) is 8.76. The maximum Gasteiger partial charge on any atom is 0.225 e. The van der Waals surface area contributed by atoms with Gasteiger partial charge in [0.05, 0.1) is 13.0 Å². The number of aliphatic hydroxyl groups excluding tert-OH is 1. The zero-order valence-corrected chi connectivity index (χ0v) is 10.7. The number of nitrogens with zero attached hydrogens (tertiary/aromatic N) is 1. The van der Waals surface area contributed by atoms with Crippen LogP contribution in [0, 0.1) is 0 Å². The van der Waals surface area contributed by atoms with Crippen LogP contribution in [0.25, 0.3) is 0 Å². The lowest BCUT2D eigenvalue weighted by Crippen LogP contribution is -2.38. The molecule has 0 aromatic carbocycles. The molecule has 1 N–H and O–H groups in total. The maximum absolute atomic E-state index is 11.8. The Hall–Kier alpha value is -0.610. The fourth-order valence-electron chi connectivity index (χ4n) is 1.46. The summed E-state index contributed by atoms with van der Waals surface area (Å²) in [5.41, 5.74) is 0. The Morgan fingerprint density at radius 1 is 1.38 bits per heavy atom. The van der Waals surface area contributed by atoms with Gasteiger partial charge in [0.2, 0.25) is 5.91 Å². The molecule has 0 fully saturated rings. The molecule has 4 heteroatoms. The molecule has 0 unspecified atom stereocenters. The van der Waals surface area contributed by atoms with Crippen LogP contribution in [0.4, 0.5) is 0 Å². The predicted octanol–water partition coefficient (Wildman–Crippen LogP) is 1.42. The van der Waals surface area contributed by atoms with Gasteiger partial charge in [0.15, 0.2) is 0 Å². The molecular formula is C12H25NO3. The highest BCUT2D eigenvalue weighted by Gasteiger charge is 2.15. The maximum atomic E-state index is 11.8. The number of carbonyl (C=O) groups excluding carboxylic acids is 1. The summed E-state index contributed by atoms with van der Waals surface area (Å²) in [5.74, 6) is 0.111. The third-order valence-electron chi connectivity index (χ3n) is 2.31. The molecule has 1 amide bonds. The van der Waals surface area contributed by atoms with Crippen molar-refractivity contribution in [3.63, 3.8) is 0 Å². The lowest BCUT2D eigenvalue weighted by Gasteiger charge is -2.26. The van der Waals surface area contributed by atoms with Crippen LogP contribution in [0.5, 0.6) is 0 Å². The van der Waals surface area contributed by atoms with E-state index in [4.69, 9.17) is 9.84 Å². The average molecular weight is 231 g/mol. The first-order valence-electron chi connectivity index (χ1n) is 6.11. The van der Waals surface area contributed by atoms with Gasteiger partial charge in [-0.05, 0) is 26.7 Å². The third-order valence-corrected chi connectivity index (χ3v) is 2.31. The van der Waals surface area contributed by atoms with Crippen LogP contribution in [0.15, 0.2) is 0 Å². The Bertz CT molecular complexity index is 183. The van der Waals surface area contributed by atoms with Gasteiger partial charge < -0.3 is 14.7 Å². The first kappa shape index (κ1) is 15.4. The molecule has 16 heavy (non-hydrogen) atoms. The van der Waals surface area contributed by atoms with Crippen molar-refractivity contribution in [2.24, 2.45) is 0 Å². The van der Waals surface area contributed by atoms with Gasteiger partial charge in [-0.3, -0.25) is 4.79 Å². The Labute approximate surface area is 98.6 Å². The van der Waals surface area contributed by atoms with Crippen molar-refractivity contribution < 1.29 is 14.6 Å². The standard InChI is InChI=1S/C12H25NO3/c1-4-9-16-10-6-12(15)13(11(2)3)7-5-8-14/h11,14H,4-10H2,1-3H3. The molecule has 0 heterocycles. The SMILES string of the molecule is CCCOCCC(=O)N(CCCO)C(C)C. The normalized spacial score (nSPS) is 10.8. The zero-order chi connectivity index (χ0) is 12.4. The Morgan fingerprint density at radius 3 is 2.56 bits per heavy atom. The molecule has 0 saturated heterocycles. The van der Waals surface area contributed by atoms with Crippen LogP contribution in [0.1, 0.15) is 40.0 Å². The van der Waals surface area contributed by atoms with Crippen LogP contribution >= 0.6 is 0 Å². The van der Waals surface area contributed by atoms with Crippen LogP contribution in [-0.2, 0) is 9.53 Å². The second kappa shape index (κ2) is 9.60. The second-order valence-electron chi connectivity index (χ2n) is 4.12. The molecule has 0 aromatic heterocycles. The number of hydrogen-bond donors (Lipinski definition) is 1. The summed E-state index contributed by atoms with van der Waals surface area (Å²) in [7, 11) is 0. The van der Waals surface area contributed by atoms with E-state index in [1.807, 2.05) is 20.8 Å². The first-order chi connectivity index (χ1) is 7.63. The molecule has 0 aromatic rings. The minimum Gasteiger partial charge on any atom is -0.396 e. The van der Waals surface area contributed by atoms with Gasteiger partial charge in [-0.1, -0.05) is 6.92 Å². The van der Waals surface area contributed by atoms with Crippen LogP contribution in [0.2, 0.25) is 0 Å². The van der Waals surface area contributed by atoms with Crippen LogP contribution in [-0.4, -0.2) is 48.3 Å². The Kier molecular flexibility index (Phi) is 9.24. The third kappa shape index (κ3) is 6.80. The first-order valence-corrected chi connectivity index (χ1v) is 6.11. The number of hydrogen-bond acceptors (Lipinski definition) is 3. The number of amides is 1. The van der Waals surface area contributed by atoms with Crippen molar-refractivity contribution in [3.8, 4) is 0 Å². The minimum atomic E-state index is 0.111. The van der Waals surface area contributed by atoms with Gasteiger partial charge in [0, 0.05) is 25.8 Å². The molecule has 0 spiro atoms. The van der Waals surface area contributed by atoms with Gasteiger partial charge in [0.1, 0.15) is 0 Å². The van der Waals surface area contributed by atoms with E-state index < -0.39 is 0 Å². The summed E-state index contributed by atoms with van der Waals surface area (Å²) in [6.07, 6.45) is 2.05. The van der Waals surface area contributed by atoms with E-state index >= 15 is 0 Å². The van der Waals surface area contributed by atoms with E-state index in [1.54, 1.807) is 4.90 Å². The van der Waals surface area contributed by atoms with Crippen molar-refractivity contribution in [2.75, 3.05) is 26.4 Å². The molecule has 0 radical (unpaired) electrons.